The third-order valence-corrected chi connectivity index (χ3v) is 5.15. The minimum atomic E-state index is 0.593. The molecule has 1 aliphatic carbocycles. The zero-order chi connectivity index (χ0) is 15.7. The zero-order valence-corrected chi connectivity index (χ0v) is 15.4. The predicted octanol–water partition coefficient (Wildman–Crippen LogP) is 7.43. The van der Waals surface area contributed by atoms with Crippen molar-refractivity contribution in [3.63, 3.8) is 0 Å². The lowest BCUT2D eigenvalue weighted by Gasteiger charge is -2.15. The van der Waals surface area contributed by atoms with Crippen LogP contribution in [-0.4, -0.2) is 12.7 Å². The third-order valence-electron chi connectivity index (χ3n) is 5.15. The van der Waals surface area contributed by atoms with Crippen LogP contribution in [0.25, 0.3) is 0 Å². The Morgan fingerprint density at radius 1 is 0.591 bits per heavy atom. The van der Waals surface area contributed by atoms with E-state index >= 15 is 0 Å². The molecule has 1 aliphatic rings. The van der Waals surface area contributed by atoms with E-state index in [9.17, 15) is 0 Å². The van der Waals surface area contributed by atoms with Crippen LogP contribution in [0, 0.1) is 0 Å². The minimum absolute atomic E-state index is 0.593. The summed E-state index contributed by atoms with van der Waals surface area (Å²) >= 11 is 0. The molecule has 22 heavy (non-hydrogen) atoms. The fourth-order valence-corrected chi connectivity index (χ4v) is 3.60. The van der Waals surface area contributed by atoms with Crippen LogP contribution in [0.1, 0.15) is 122 Å². The van der Waals surface area contributed by atoms with Crippen LogP contribution in [-0.2, 0) is 4.74 Å². The van der Waals surface area contributed by atoms with Gasteiger partial charge in [-0.2, -0.15) is 0 Å². The molecule has 1 heteroatoms. The summed E-state index contributed by atoms with van der Waals surface area (Å²) in [5.41, 5.74) is 0. The lowest BCUT2D eigenvalue weighted by atomic mass is 10.1. The maximum absolute atomic E-state index is 6.05. The van der Waals surface area contributed by atoms with Gasteiger partial charge in [0.15, 0.2) is 0 Å². The predicted molar refractivity (Wildman–Crippen MR) is 98.5 cm³/mol. The van der Waals surface area contributed by atoms with Crippen molar-refractivity contribution in [3.05, 3.63) is 0 Å². The van der Waals surface area contributed by atoms with Gasteiger partial charge in [0.2, 0.25) is 0 Å². The lowest BCUT2D eigenvalue weighted by molar-refractivity contribution is 0.0407. The van der Waals surface area contributed by atoms with Gasteiger partial charge in [-0.1, -0.05) is 103 Å². The Morgan fingerprint density at radius 2 is 1.05 bits per heavy atom. The molecule has 0 spiro atoms. The summed E-state index contributed by atoms with van der Waals surface area (Å²) in [5.74, 6) is 0. The molecule has 0 aromatic rings. The van der Waals surface area contributed by atoms with E-state index in [1.165, 1.54) is 116 Å². The molecular formula is C21H42O. The summed E-state index contributed by atoms with van der Waals surface area (Å²) in [6, 6.07) is 0. The molecule has 1 saturated carbocycles. The Balaban J connectivity index is 1.72. The van der Waals surface area contributed by atoms with Crippen molar-refractivity contribution < 1.29 is 4.74 Å². The van der Waals surface area contributed by atoms with Crippen LogP contribution >= 0.6 is 0 Å². The molecule has 1 nitrogen and oxygen atoms in total. The van der Waals surface area contributed by atoms with Crippen LogP contribution in [0.3, 0.4) is 0 Å². The molecule has 0 heterocycles. The van der Waals surface area contributed by atoms with Crippen LogP contribution in [0.5, 0.6) is 0 Å². The van der Waals surface area contributed by atoms with Crippen molar-refractivity contribution in [1.82, 2.24) is 0 Å². The monoisotopic (exact) mass is 310 g/mol. The third kappa shape index (κ3) is 12.5. The highest BCUT2D eigenvalue weighted by molar-refractivity contribution is 4.63. The zero-order valence-electron chi connectivity index (χ0n) is 15.4. The summed E-state index contributed by atoms with van der Waals surface area (Å²) < 4.78 is 6.05. The Hall–Kier alpha value is -0.0400. The van der Waals surface area contributed by atoms with E-state index in [0.29, 0.717) is 6.10 Å². The first-order valence-electron chi connectivity index (χ1n) is 10.5. The summed E-state index contributed by atoms with van der Waals surface area (Å²) in [6.07, 6.45) is 26.0. The maximum atomic E-state index is 6.05. The van der Waals surface area contributed by atoms with Crippen molar-refractivity contribution in [3.8, 4) is 0 Å². The Kier molecular flexibility index (Phi) is 14.4. The Labute approximate surface area is 140 Å². The van der Waals surface area contributed by atoms with Crippen molar-refractivity contribution in [2.75, 3.05) is 6.61 Å². The van der Waals surface area contributed by atoms with Gasteiger partial charge in [-0.25, -0.2) is 0 Å². The second-order valence-corrected chi connectivity index (χ2v) is 7.37. The first-order chi connectivity index (χ1) is 10.9. The molecule has 0 radical (unpaired) electrons. The topological polar surface area (TPSA) is 9.23 Å². The van der Waals surface area contributed by atoms with Gasteiger partial charge in [0.1, 0.15) is 0 Å². The number of hydrogen-bond acceptors (Lipinski definition) is 1. The first-order valence-corrected chi connectivity index (χ1v) is 10.5. The molecule has 0 amide bonds. The van der Waals surface area contributed by atoms with E-state index in [2.05, 4.69) is 6.92 Å². The molecule has 0 aliphatic heterocycles. The highest BCUT2D eigenvalue weighted by Gasteiger charge is 2.11. The van der Waals surface area contributed by atoms with Crippen LogP contribution in [0.4, 0.5) is 0 Å². The van der Waals surface area contributed by atoms with Crippen molar-refractivity contribution in [2.45, 2.75) is 129 Å². The quantitative estimate of drug-likeness (QED) is 0.239. The van der Waals surface area contributed by atoms with Crippen molar-refractivity contribution in [2.24, 2.45) is 0 Å². The van der Waals surface area contributed by atoms with Gasteiger partial charge in [0, 0.05) is 6.61 Å². The van der Waals surface area contributed by atoms with E-state index in [1.54, 1.807) is 0 Å². The highest BCUT2D eigenvalue weighted by Crippen LogP contribution is 2.20. The molecular weight excluding hydrogens is 268 g/mol. The van der Waals surface area contributed by atoms with Crippen molar-refractivity contribution >= 4 is 0 Å². The molecule has 1 fully saturated rings. The molecule has 0 aromatic carbocycles. The fraction of sp³-hybridized carbons (Fsp3) is 1.00. The molecule has 0 aromatic heterocycles. The van der Waals surface area contributed by atoms with E-state index in [4.69, 9.17) is 4.74 Å². The largest absolute Gasteiger partial charge is 0.378 e. The summed E-state index contributed by atoms with van der Waals surface area (Å²) in [7, 11) is 0. The number of rotatable bonds is 14. The van der Waals surface area contributed by atoms with Gasteiger partial charge < -0.3 is 4.74 Å². The molecule has 132 valence electrons. The smallest absolute Gasteiger partial charge is 0.0575 e. The standard InChI is InChI=1S/C21H42O/c1-2-3-4-5-6-7-8-9-10-11-14-17-20-22-21-18-15-12-13-16-19-21/h21H,2-20H2,1H3. The molecule has 0 saturated heterocycles. The highest BCUT2D eigenvalue weighted by atomic mass is 16.5. The fourth-order valence-electron chi connectivity index (χ4n) is 3.60. The number of ether oxygens (including phenoxy) is 1. The molecule has 0 atom stereocenters. The molecule has 0 N–H and O–H groups in total. The van der Waals surface area contributed by atoms with E-state index < -0.39 is 0 Å². The van der Waals surface area contributed by atoms with Gasteiger partial charge in [0.05, 0.1) is 6.10 Å². The summed E-state index contributed by atoms with van der Waals surface area (Å²) in [6.45, 7) is 3.31. The van der Waals surface area contributed by atoms with Crippen LogP contribution in [0.2, 0.25) is 0 Å². The van der Waals surface area contributed by atoms with E-state index in [-0.39, 0.29) is 0 Å². The second kappa shape index (κ2) is 15.8. The lowest BCUT2D eigenvalue weighted by Crippen LogP contribution is -2.12. The Bertz CT molecular complexity index is 206. The van der Waals surface area contributed by atoms with Crippen molar-refractivity contribution in [1.29, 1.82) is 0 Å². The molecule has 0 bridgehead atoms. The SMILES string of the molecule is CCCCCCCCCCCCCCOC1CCCCCC1. The van der Waals surface area contributed by atoms with Gasteiger partial charge >= 0.3 is 0 Å². The average Bonchev–Trinajstić information content (AvgIpc) is 2.80. The molecule has 0 unspecified atom stereocenters. The maximum Gasteiger partial charge on any atom is 0.0575 e. The minimum Gasteiger partial charge on any atom is -0.378 e. The van der Waals surface area contributed by atoms with Crippen LogP contribution in [0.15, 0.2) is 0 Å². The number of unbranched alkanes of at least 4 members (excludes halogenated alkanes) is 11. The number of hydrogen-bond donors (Lipinski definition) is 0. The summed E-state index contributed by atoms with van der Waals surface area (Å²) in [5, 5.41) is 0. The van der Waals surface area contributed by atoms with Gasteiger partial charge in [-0.05, 0) is 19.3 Å². The second-order valence-electron chi connectivity index (χ2n) is 7.37. The molecule has 1 rings (SSSR count). The van der Waals surface area contributed by atoms with E-state index in [1.807, 2.05) is 0 Å². The summed E-state index contributed by atoms with van der Waals surface area (Å²) in [4.78, 5) is 0. The van der Waals surface area contributed by atoms with Gasteiger partial charge in [0.25, 0.3) is 0 Å². The van der Waals surface area contributed by atoms with Gasteiger partial charge in [-0.3, -0.25) is 0 Å². The first kappa shape index (κ1) is 20.0. The van der Waals surface area contributed by atoms with E-state index in [0.717, 1.165) is 6.61 Å². The normalized spacial score (nSPS) is 16.8. The van der Waals surface area contributed by atoms with Crippen LogP contribution < -0.4 is 0 Å². The van der Waals surface area contributed by atoms with Gasteiger partial charge in [-0.15, -0.1) is 0 Å². The Morgan fingerprint density at radius 3 is 1.55 bits per heavy atom. The average molecular weight is 311 g/mol.